The predicted octanol–water partition coefficient (Wildman–Crippen LogP) is 1.76. The molecule has 1 N–H and O–H groups in total. The molecule has 4 heteroatoms. The summed E-state index contributed by atoms with van der Waals surface area (Å²) >= 11 is 0. The van der Waals surface area contributed by atoms with E-state index in [-0.39, 0.29) is 11.0 Å². The highest BCUT2D eigenvalue weighted by Crippen LogP contribution is 2.33. The number of fused-ring (bicyclic) bond motifs is 1. The van der Waals surface area contributed by atoms with E-state index in [0.717, 1.165) is 0 Å². The van der Waals surface area contributed by atoms with Gasteiger partial charge < -0.3 is 5.11 Å². The molecule has 2 atom stereocenters. The first-order chi connectivity index (χ1) is 7.24. The van der Waals surface area contributed by atoms with E-state index in [4.69, 9.17) is 6.42 Å². The fraction of sp³-hybridized carbons (Fsp3) is 0.182. The first-order valence-corrected chi connectivity index (χ1v) is 5.70. The number of rotatable bonds is 1. The van der Waals surface area contributed by atoms with Gasteiger partial charge in [0, 0.05) is 23.6 Å². The molecule has 76 valence electrons. The number of hydrogen-bond acceptors (Lipinski definition) is 3. The van der Waals surface area contributed by atoms with Crippen LogP contribution in [0.15, 0.2) is 23.7 Å². The van der Waals surface area contributed by atoms with Crippen LogP contribution in [0.2, 0.25) is 0 Å². The zero-order valence-corrected chi connectivity index (χ0v) is 8.70. The number of aromatic nitrogens is 1. The van der Waals surface area contributed by atoms with Gasteiger partial charge in [-0.05, 0) is 12.1 Å². The Hall–Kier alpha value is -1.60. The molecule has 2 rings (SSSR count). The van der Waals surface area contributed by atoms with Crippen molar-refractivity contribution in [3.05, 3.63) is 35.0 Å². The van der Waals surface area contributed by atoms with Crippen molar-refractivity contribution in [2.75, 3.05) is 0 Å². The molecule has 0 amide bonds. The van der Waals surface area contributed by atoms with E-state index >= 15 is 0 Å². The molecule has 0 fully saturated rings. The summed E-state index contributed by atoms with van der Waals surface area (Å²) in [5, 5.41) is 10.6. The third-order valence-corrected chi connectivity index (χ3v) is 3.64. The van der Waals surface area contributed by atoms with Gasteiger partial charge in [-0.1, -0.05) is 0 Å². The van der Waals surface area contributed by atoms with Gasteiger partial charge >= 0.3 is 0 Å². The van der Waals surface area contributed by atoms with Crippen molar-refractivity contribution in [3.8, 4) is 12.3 Å². The van der Waals surface area contributed by atoms with Gasteiger partial charge in [-0.2, -0.15) is 0 Å². The molecule has 0 radical (unpaired) electrons. The van der Waals surface area contributed by atoms with Gasteiger partial charge in [-0.3, -0.25) is 9.19 Å². The van der Waals surface area contributed by atoms with Gasteiger partial charge in [0.1, 0.15) is 5.76 Å². The minimum Gasteiger partial charge on any atom is -0.507 e. The van der Waals surface area contributed by atoms with Crippen LogP contribution in [0.5, 0.6) is 0 Å². The molecule has 1 aromatic heterocycles. The Kier molecular flexibility index (Phi) is 2.57. The third kappa shape index (κ3) is 1.66. The second-order valence-electron chi connectivity index (χ2n) is 3.16. The predicted molar refractivity (Wildman–Crippen MR) is 59.2 cm³/mol. The molecule has 0 aromatic carbocycles. The Balaban J connectivity index is 2.55. The molecule has 3 nitrogen and oxygen atoms in total. The Morgan fingerprint density at radius 2 is 2.47 bits per heavy atom. The summed E-state index contributed by atoms with van der Waals surface area (Å²) in [6, 6.07) is 3.47. The molecule has 15 heavy (non-hydrogen) atoms. The summed E-state index contributed by atoms with van der Waals surface area (Å²) in [6.07, 6.45) is 7.19. The smallest absolute Gasteiger partial charge is 0.133 e. The molecule has 0 bridgehead atoms. The number of aliphatic hydroxyl groups excluding tert-OH is 1. The van der Waals surface area contributed by atoms with E-state index in [1.165, 1.54) is 5.41 Å². The Morgan fingerprint density at radius 1 is 1.67 bits per heavy atom. The number of terminal acetylenes is 1. The van der Waals surface area contributed by atoms with Crippen LogP contribution in [-0.4, -0.2) is 14.3 Å². The summed E-state index contributed by atoms with van der Waals surface area (Å²) < 4.78 is 11.7. The van der Waals surface area contributed by atoms with Crippen LogP contribution in [0.4, 0.5) is 0 Å². The summed E-state index contributed by atoms with van der Waals surface area (Å²) in [7, 11) is -1.29. The standard InChI is InChI=1S/C11H9NO2S/c1-2-4-10-11-8(5-3-6-12-11)9(13)7-15(10)14/h1,3,5-7,10,13H,4H2. The summed E-state index contributed by atoms with van der Waals surface area (Å²) in [5.41, 5.74) is 1.24. The van der Waals surface area contributed by atoms with Crippen molar-refractivity contribution >= 4 is 16.6 Å². The molecule has 0 aliphatic carbocycles. The highest BCUT2D eigenvalue weighted by Gasteiger charge is 2.27. The average Bonchev–Trinajstić information content (AvgIpc) is 2.24. The van der Waals surface area contributed by atoms with E-state index in [2.05, 4.69) is 10.9 Å². The zero-order chi connectivity index (χ0) is 10.8. The zero-order valence-electron chi connectivity index (χ0n) is 7.88. The fourth-order valence-electron chi connectivity index (χ4n) is 1.54. The lowest BCUT2D eigenvalue weighted by atomic mass is 10.1. The monoisotopic (exact) mass is 219 g/mol. The van der Waals surface area contributed by atoms with E-state index in [9.17, 15) is 9.32 Å². The van der Waals surface area contributed by atoms with Crippen LogP contribution < -0.4 is 0 Å². The van der Waals surface area contributed by atoms with Crippen LogP contribution in [0.25, 0.3) is 5.76 Å². The maximum Gasteiger partial charge on any atom is 0.133 e. The molecule has 1 aliphatic rings. The van der Waals surface area contributed by atoms with Crippen molar-refractivity contribution in [3.63, 3.8) is 0 Å². The second kappa shape index (κ2) is 3.87. The van der Waals surface area contributed by atoms with Gasteiger partial charge in [0.15, 0.2) is 0 Å². The molecule has 0 saturated heterocycles. The lowest BCUT2D eigenvalue weighted by molar-refractivity contribution is 0.509. The quantitative estimate of drug-likeness (QED) is 0.732. The minimum absolute atomic E-state index is 0.0182. The van der Waals surface area contributed by atoms with Crippen LogP contribution >= 0.6 is 0 Å². The van der Waals surface area contributed by atoms with E-state index in [1.807, 2.05) is 0 Å². The molecule has 0 saturated carbocycles. The van der Waals surface area contributed by atoms with Crippen molar-refractivity contribution < 1.29 is 9.32 Å². The average molecular weight is 219 g/mol. The normalized spacial score (nSPS) is 23.8. The first kappa shape index (κ1) is 9.94. The van der Waals surface area contributed by atoms with E-state index < -0.39 is 10.8 Å². The van der Waals surface area contributed by atoms with Crippen LogP contribution in [0.3, 0.4) is 0 Å². The van der Waals surface area contributed by atoms with Crippen molar-refractivity contribution in [1.82, 2.24) is 4.98 Å². The highest BCUT2D eigenvalue weighted by molar-refractivity contribution is 7.88. The number of pyridine rings is 1. The maximum absolute atomic E-state index is 11.7. The molecule has 1 aromatic rings. The van der Waals surface area contributed by atoms with E-state index in [0.29, 0.717) is 17.7 Å². The largest absolute Gasteiger partial charge is 0.507 e. The van der Waals surface area contributed by atoms with Crippen LogP contribution in [-0.2, 0) is 10.8 Å². The van der Waals surface area contributed by atoms with Gasteiger partial charge in [0.05, 0.1) is 21.7 Å². The Morgan fingerprint density at radius 3 is 3.20 bits per heavy atom. The fourth-order valence-corrected chi connectivity index (χ4v) is 2.72. The summed E-state index contributed by atoms with van der Waals surface area (Å²) in [5.74, 6) is 2.50. The topological polar surface area (TPSA) is 50.2 Å². The lowest BCUT2D eigenvalue weighted by Gasteiger charge is -2.19. The van der Waals surface area contributed by atoms with Gasteiger partial charge in [-0.15, -0.1) is 12.3 Å². The van der Waals surface area contributed by atoms with Crippen molar-refractivity contribution in [2.45, 2.75) is 11.7 Å². The number of hydrogen-bond donors (Lipinski definition) is 1. The van der Waals surface area contributed by atoms with Crippen LogP contribution in [0.1, 0.15) is 22.9 Å². The van der Waals surface area contributed by atoms with E-state index in [1.54, 1.807) is 18.3 Å². The van der Waals surface area contributed by atoms with Gasteiger partial charge in [0.2, 0.25) is 0 Å². The maximum atomic E-state index is 11.7. The SMILES string of the molecule is C#CCC1c2ncccc2C(O)=CS1=O. The van der Waals surface area contributed by atoms with Crippen molar-refractivity contribution in [2.24, 2.45) is 0 Å². The first-order valence-electron chi connectivity index (χ1n) is 4.43. The van der Waals surface area contributed by atoms with Crippen molar-refractivity contribution in [1.29, 1.82) is 0 Å². The lowest BCUT2D eigenvalue weighted by Crippen LogP contribution is -2.13. The minimum atomic E-state index is -1.29. The second-order valence-corrected chi connectivity index (χ2v) is 4.63. The molecule has 2 unspecified atom stereocenters. The third-order valence-electron chi connectivity index (χ3n) is 2.23. The number of nitrogens with zero attached hydrogens (tertiary/aromatic N) is 1. The molecule has 2 heterocycles. The number of aliphatic hydroxyl groups is 1. The highest BCUT2D eigenvalue weighted by atomic mass is 32.2. The molecule has 0 spiro atoms. The van der Waals surface area contributed by atoms with Crippen LogP contribution in [0, 0.1) is 12.3 Å². The molecular weight excluding hydrogens is 210 g/mol. The van der Waals surface area contributed by atoms with Gasteiger partial charge in [0.25, 0.3) is 0 Å². The Bertz CT molecular complexity index is 488. The molecular formula is C11H9NO2S. The van der Waals surface area contributed by atoms with Gasteiger partial charge in [-0.25, -0.2) is 0 Å². The summed E-state index contributed by atoms with van der Waals surface area (Å²) in [6.45, 7) is 0. The molecule has 1 aliphatic heterocycles. The Labute approximate surface area is 90.3 Å². The summed E-state index contributed by atoms with van der Waals surface area (Å²) in [4.78, 5) is 4.13.